The summed E-state index contributed by atoms with van der Waals surface area (Å²) in [6, 6.07) is 0.815. The predicted molar refractivity (Wildman–Crippen MR) is 95.9 cm³/mol. The molecule has 126 valence electrons. The third-order valence-electron chi connectivity index (χ3n) is 5.13. The normalized spacial score (nSPS) is 29.0. The molecule has 0 aromatic heterocycles. The summed E-state index contributed by atoms with van der Waals surface area (Å²) in [4.78, 5) is 5.37. The van der Waals surface area contributed by atoms with Crippen molar-refractivity contribution in [3.05, 3.63) is 0 Å². The van der Waals surface area contributed by atoms with Crippen molar-refractivity contribution < 1.29 is 0 Å². The Kier molecular flexibility index (Phi) is 5.62. The van der Waals surface area contributed by atoms with Crippen molar-refractivity contribution in [2.24, 2.45) is 11.3 Å². The van der Waals surface area contributed by atoms with Crippen molar-refractivity contribution in [2.45, 2.75) is 78.8 Å². The van der Waals surface area contributed by atoms with Crippen molar-refractivity contribution in [3.63, 3.8) is 0 Å². The lowest BCUT2D eigenvalue weighted by Crippen LogP contribution is -2.56. The van der Waals surface area contributed by atoms with E-state index in [1.807, 2.05) is 0 Å². The van der Waals surface area contributed by atoms with Gasteiger partial charge in [-0.25, -0.2) is 0 Å². The van der Waals surface area contributed by atoms with Crippen LogP contribution < -0.4 is 0 Å². The summed E-state index contributed by atoms with van der Waals surface area (Å²) < 4.78 is 0. The highest BCUT2D eigenvalue weighted by Crippen LogP contribution is 2.29. The van der Waals surface area contributed by atoms with Crippen LogP contribution in [0.15, 0.2) is 0 Å². The molecule has 1 heterocycles. The van der Waals surface area contributed by atoms with Gasteiger partial charge in [-0.3, -0.25) is 9.80 Å². The van der Waals surface area contributed by atoms with Crippen LogP contribution in [0.4, 0.5) is 0 Å². The number of hydrogen-bond donors (Lipinski definition) is 0. The average molecular weight is 305 g/mol. The van der Waals surface area contributed by atoms with Gasteiger partial charge in [0, 0.05) is 49.1 Å². The SMILES string of the molecule is CC(C)(C)C#CC1CCC(N2CCN(C(C)(C)C)CC2)CC1. The number of nitrogens with zero attached hydrogens (tertiary/aromatic N) is 2. The van der Waals surface area contributed by atoms with E-state index in [4.69, 9.17) is 0 Å². The minimum absolute atomic E-state index is 0.153. The smallest absolute Gasteiger partial charge is 0.0230 e. The van der Waals surface area contributed by atoms with Crippen molar-refractivity contribution in [2.75, 3.05) is 26.2 Å². The molecular weight excluding hydrogens is 268 g/mol. The maximum atomic E-state index is 3.54. The maximum absolute atomic E-state index is 3.54. The standard InChI is InChI=1S/C20H36N2/c1-19(2,3)12-11-17-7-9-18(10-8-17)21-13-15-22(16-14-21)20(4,5)6/h17-18H,7-10,13-16H2,1-6H3. The molecule has 2 nitrogen and oxygen atoms in total. The summed E-state index contributed by atoms with van der Waals surface area (Å²) in [6.07, 6.45) is 5.29. The summed E-state index contributed by atoms with van der Waals surface area (Å²) >= 11 is 0. The van der Waals surface area contributed by atoms with Gasteiger partial charge in [-0.1, -0.05) is 11.8 Å². The number of piperazine rings is 1. The van der Waals surface area contributed by atoms with Crippen molar-refractivity contribution in [1.29, 1.82) is 0 Å². The van der Waals surface area contributed by atoms with E-state index in [0.717, 1.165) is 6.04 Å². The first-order valence-electron chi connectivity index (χ1n) is 9.17. The van der Waals surface area contributed by atoms with Crippen LogP contribution in [0.3, 0.4) is 0 Å². The van der Waals surface area contributed by atoms with E-state index in [1.165, 1.54) is 51.9 Å². The first-order chi connectivity index (χ1) is 10.1. The Bertz CT molecular complexity index is 400. The summed E-state index contributed by atoms with van der Waals surface area (Å²) in [5.41, 5.74) is 0.479. The summed E-state index contributed by atoms with van der Waals surface area (Å²) in [7, 11) is 0. The zero-order chi connectivity index (χ0) is 16.4. The van der Waals surface area contributed by atoms with E-state index >= 15 is 0 Å². The summed E-state index contributed by atoms with van der Waals surface area (Å²) in [5.74, 6) is 7.62. The van der Waals surface area contributed by atoms with E-state index in [1.54, 1.807) is 0 Å². The molecule has 0 radical (unpaired) electrons. The van der Waals surface area contributed by atoms with Crippen molar-refractivity contribution >= 4 is 0 Å². The number of hydrogen-bond acceptors (Lipinski definition) is 2. The topological polar surface area (TPSA) is 6.48 Å². The van der Waals surface area contributed by atoms with Crippen LogP contribution in [0.5, 0.6) is 0 Å². The van der Waals surface area contributed by atoms with Gasteiger partial charge in [0.05, 0.1) is 0 Å². The third-order valence-corrected chi connectivity index (χ3v) is 5.13. The second-order valence-electron chi connectivity index (χ2n) is 9.22. The highest BCUT2D eigenvalue weighted by atomic mass is 15.3. The molecule has 1 saturated heterocycles. The third kappa shape index (κ3) is 5.28. The van der Waals surface area contributed by atoms with Gasteiger partial charge in [-0.2, -0.15) is 0 Å². The summed E-state index contributed by atoms with van der Waals surface area (Å²) in [6.45, 7) is 18.6. The highest BCUT2D eigenvalue weighted by molar-refractivity contribution is 5.11. The molecule has 2 aliphatic rings. The lowest BCUT2D eigenvalue weighted by molar-refractivity contribution is 0.0311. The molecule has 0 N–H and O–H groups in total. The first-order valence-corrected chi connectivity index (χ1v) is 9.17. The molecule has 0 amide bonds. The molecule has 22 heavy (non-hydrogen) atoms. The van der Waals surface area contributed by atoms with Gasteiger partial charge in [-0.05, 0) is 67.2 Å². The van der Waals surface area contributed by atoms with Crippen LogP contribution >= 0.6 is 0 Å². The Labute approximate surface area is 138 Å². The van der Waals surface area contributed by atoms with E-state index in [9.17, 15) is 0 Å². The fraction of sp³-hybridized carbons (Fsp3) is 0.900. The molecule has 0 aromatic rings. The van der Waals surface area contributed by atoms with Crippen LogP contribution in [-0.2, 0) is 0 Å². The molecule has 0 unspecified atom stereocenters. The van der Waals surface area contributed by atoms with Crippen LogP contribution in [0.1, 0.15) is 67.2 Å². The molecule has 0 bridgehead atoms. The van der Waals surface area contributed by atoms with Crippen LogP contribution in [0.2, 0.25) is 0 Å². The van der Waals surface area contributed by atoms with E-state index in [0.29, 0.717) is 11.5 Å². The molecular formula is C20H36N2. The van der Waals surface area contributed by atoms with E-state index in [2.05, 4.69) is 63.2 Å². The Morgan fingerprint density at radius 3 is 1.77 bits per heavy atom. The van der Waals surface area contributed by atoms with Gasteiger partial charge in [0.15, 0.2) is 0 Å². The van der Waals surface area contributed by atoms with E-state index < -0.39 is 0 Å². The highest BCUT2D eigenvalue weighted by Gasteiger charge is 2.30. The lowest BCUT2D eigenvalue weighted by atomic mass is 9.84. The first kappa shape index (κ1) is 17.8. The molecule has 0 spiro atoms. The zero-order valence-corrected chi connectivity index (χ0v) is 15.7. The van der Waals surface area contributed by atoms with Crippen molar-refractivity contribution in [1.82, 2.24) is 9.80 Å². The monoisotopic (exact) mass is 304 g/mol. The molecule has 2 rings (SSSR count). The lowest BCUT2D eigenvalue weighted by Gasteiger charge is -2.45. The maximum Gasteiger partial charge on any atom is 0.0230 e. The fourth-order valence-electron chi connectivity index (χ4n) is 3.66. The van der Waals surface area contributed by atoms with E-state index in [-0.39, 0.29) is 5.41 Å². The van der Waals surface area contributed by atoms with Gasteiger partial charge >= 0.3 is 0 Å². The predicted octanol–water partition coefficient (Wildman–Crippen LogP) is 4.01. The van der Waals surface area contributed by atoms with Gasteiger partial charge in [0.1, 0.15) is 0 Å². The Balaban J connectivity index is 1.77. The fourth-order valence-corrected chi connectivity index (χ4v) is 3.66. The minimum atomic E-state index is 0.153. The Hall–Kier alpha value is -0.520. The molecule has 1 saturated carbocycles. The molecule has 0 atom stereocenters. The van der Waals surface area contributed by atoms with Crippen LogP contribution in [-0.4, -0.2) is 47.6 Å². The van der Waals surface area contributed by atoms with Gasteiger partial charge in [0.2, 0.25) is 0 Å². The van der Waals surface area contributed by atoms with Crippen LogP contribution in [0, 0.1) is 23.2 Å². The van der Waals surface area contributed by atoms with Crippen molar-refractivity contribution in [3.8, 4) is 11.8 Å². The van der Waals surface area contributed by atoms with Gasteiger partial charge in [0.25, 0.3) is 0 Å². The largest absolute Gasteiger partial charge is 0.298 e. The molecule has 2 heteroatoms. The minimum Gasteiger partial charge on any atom is -0.298 e. The quantitative estimate of drug-likeness (QED) is 0.675. The molecule has 1 aliphatic carbocycles. The Morgan fingerprint density at radius 2 is 1.32 bits per heavy atom. The molecule has 2 fully saturated rings. The van der Waals surface area contributed by atoms with Gasteiger partial charge in [-0.15, -0.1) is 0 Å². The van der Waals surface area contributed by atoms with Gasteiger partial charge < -0.3 is 0 Å². The second-order valence-corrected chi connectivity index (χ2v) is 9.22. The number of rotatable bonds is 1. The Morgan fingerprint density at radius 1 is 0.773 bits per heavy atom. The second kappa shape index (κ2) is 6.93. The van der Waals surface area contributed by atoms with Crippen LogP contribution in [0.25, 0.3) is 0 Å². The zero-order valence-electron chi connectivity index (χ0n) is 15.7. The summed E-state index contributed by atoms with van der Waals surface area (Å²) in [5, 5.41) is 0. The average Bonchev–Trinajstić information content (AvgIpc) is 2.44. The molecule has 1 aliphatic heterocycles. The molecule has 0 aromatic carbocycles.